The van der Waals surface area contributed by atoms with E-state index in [0.29, 0.717) is 6.04 Å². The van der Waals surface area contributed by atoms with Crippen LogP contribution in [0.15, 0.2) is 0 Å². The molecule has 0 aromatic heterocycles. The van der Waals surface area contributed by atoms with E-state index in [2.05, 4.69) is 24.5 Å². The first-order chi connectivity index (χ1) is 7.54. The quantitative estimate of drug-likeness (QED) is 0.414. The minimum atomic E-state index is -0.0219. The lowest BCUT2D eigenvalue weighted by Gasteiger charge is -2.30. The fourth-order valence-corrected chi connectivity index (χ4v) is 2.39. The van der Waals surface area contributed by atoms with Crippen molar-refractivity contribution in [1.82, 2.24) is 10.6 Å². The molecule has 6 N–H and O–H groups in total. The third-order valence-corrected chi connectivity index (χ3v) is 3.81. The van der Waals surface area contributed by atoms with Crippen LogP contribution in [0.2, 0.25) is 0 Å². The van der Waals surface area contributed by atoms with E-state index in [1.54, 1.807) is 0 Å². The van der Waals surface area contributed by atoms with Crippen LogP contribution in [0.3, 0.4) is 0 Å². The fraction of sp³-hybridized carbons (Fsp3) is 1.00. The van der Waals surface area contributed by atoms with Crippen LogP contribution in [0, 0.1) is 5.92 Å². The van der Waals surface area contributed by atoms with Crippen LogP contribution in [-0.2, 0) is 0 Å². The zero-order chi connectivity index (χ0) is 12.1. The van der Waals surface area contributed by atoms with Gasteiger partial charge >= 0.3 is 0 Å². The van der Waals surface area contributed by atoms with E-state index >= 15 is 0 Å². The first-order valence-electron chi connectivity index (χ1n) is 6.49. The summed E-state index contributed by atoms with van der Waals surface area (Å²) in [4.78, 5) is 0. The Morgan fingerprint density at radius 2 is 2.00 bits per heavy atom. The van der Waals surface area contributed by atoms with Gasteiger partial charge in [0.1, 0.15) is 0 Å². The van der Waals surface area contributed by atoms with Crippen molar-refractivity contribution >= 4 is 0 Å². The summed E-state index contributed by atoms with van der Waals surface area (Å²) in [5.41, 5.74) is 12.3. The molecule has 4 heteroatoms. The number of nitrogens with one attached hydrogen (secondary N) is 2. The van der Waals surface area contributed by atoms with Gasteiger partial charge in [0.15, 0.2) is 0 Å². The Kier molecular flexibility index (Phi) is 5.69. The second-order valence-corrected chi connectivity index (χ2v) is 5.31. The van der Waals surface area contributed by atoms with Crippen LogP contribution in [0.25, 0.3) is 0 Å². The van der Waals surface area contributed by atoms with Gasteiger partial charge < -0.3 is 16.8 Å². The Bertz CT molecular complexity index is 197. The Hall–Kier alpha value is -0.160. The monoisotopic (exact) mass is 228 g/mol. The SMILES string of the molecule is CNC(C)C(N)NC1CC(C)CCCC1N. The summed E-state index contributed by atoms with van der Waals surface area (Å²) >= 11 is 0. The normalized spacial score (nSPS) is 35.4. The maximum absolute atomic E-state index is 6.19. The highest BCUT2D eigenvalue weighted by molar-refractivity contribution is 4.87. The lowest BCUT2D eigenvalue weighted by Crippen LogP contribution is -2.58. The number of hydrogen-bond donors (Lipinski definition) is 4. The second kappa shape index (κ2) is 6.55. The maximum Gasteiger partial charge on any atom is 0.0704 e. The molecule has 1 saturated carbocycles. The molecule has 0 aromatic rings. The van der Waals surface area contributed by atoms with Gasteiger partial charge in [0.05, 0.1) is 6.17 Å². The van der Waals surface area contributed by atoms with Crippen LogP contribution in [0.5, 0.6) is 0 Å². The maximum atomic E-state index is 6.19. The molecule has 0 spiro atoms. The molecular weight excluding hydrogens is 200 g/mol. The lowest BCUT2D eigenvalue weighted by molar-refractivity contribution is 0.307. The van der Waals surface area contributed by atoms with E-state index in [4.69, 9.17) is 11.5 Å². The van der Waals surface area contributed by atoms with Crippen molar-refractivity contribution < 1.29 is 0 Å². The third-order valence-electron chi connectivity index (χ3n) is 3.81. The first kappa shape index (κ1) is 13.9. The molecule has 0 saturated heterocycles. The topological polar surface area (TPSA) is 76.1 Å². The van der Waals surface area contributed by atoms with Crippen molar-refractivity contribution in [1.29, 1.82) is 0 Å². The smallest absolute Gasteiger partial charge is 0.0704 e. The van der Waals surface area contributed by atoms with E-state index < -0.39 is 0 Å². The molecule has 0 bridgehead atoms. The predicted octanol–water partition coefficient (Wildman–Crippen LogP) is 0.375. The summed E-state index contributed by atoms with van der Waals surface area (Å²) in [5.74, 6) is 0.753. The van der Waals surface area contributed by atoms with Crippen molar-refractivity contribution in [2.75, 3.05) is 7.05 Å². The third kappa shape index (κ3) is 4.01. The molecule has 1 rings (SSSR count). The van der Waals surface area contributed by atoms with Gasteiger partial charge in [0.25, 0.3) is 0 Å². The Balaban J connectivity index is 2.49. The molecule has 0 aliphatic heterocycles. The number of hydrogen-bond acceptors (Lipinski definition) is 4. The molecule has 0 aromatic carbocycles. The van der Waals surface area contributed by atoms with E-state index in [9.17, 15) is 0 Å². The van der Waals surface area contributed by atoms with Gasteiger partial charge in [-0.2, -0.15) is 0 Å². The number of nitrogens with two attached hydrogens (primary N) is 2. The molecule has 5 atom stereocenters. The molecule has 1 fully saturated rings. The summed E-state index contributed by atoms with van der Waals surface area (Å²) in [6, 6.07) is 0.883. The summed E-state index contributed by atoms with van der Waals surface area (Å²) in [7, 11) is 1.93. The van der Waals surface area contributed by atoms with Gasteiger partial charge in [0, 0.05) is 18.1 Å². The summed E-state index contributed by atoms with van der Waals surface area (Å²) in [6.07, 6.45) is 4.78. The standard InChI is InChI=1S/C12H28N4/c1-8-5-4-6-10(13)11(7-8)16-12(14)9(2)15-3/h8-12,15-16H,4-7,13-14H2,1-3H3. The minimum Gasteiger partial charge on any atom is -0.326 e. The molecular formula is C12H28N4. The summed E-state index contributed by atoms with van der Waals surface area (Å²) in [5, 5.41) is 6.65. The van der Waals surface area contributed by atoms with Crippen LogP contribution < -0.4 is 22.1 Å². The zero-order valence-electron chi connectivity index (χ0n) is 10.9. The van der Waals surface area contributed by atoms with Crippen molar-refractivity contribution in [2.24, 2.45) is 17.4 Å². The van der Waals surface area contributed by atoms with Crippen molar-refractivity contribution in [2.45, 2.75) is 63.8 Å². The number of likely N-dealkylation sites (N-methyl/N-ethyl adjacent to an activating group) is 1. The van der Waals surface area contributed by atoms with Gasteiger partial charge in [-0.25, -0.2) is 0 Å². The Morgan fingerprint density at radius 1 is 1.31 bits per heavy atom. The van der Waals surface area contributed by atoms with E-state index in [-0.39, 0.29) is 18.2 Å². The van der Waals surface area contributed by atoms with Gasteiger partial charge in [-0.15, -0.1) is 0 Å². The zero-order valence-corrected chi connectivity index (χ0v) is 10.9. The molecule has 0 radical (unpaired) electrons. The largest absolute Gasteiger partial charge is 0.326 e. The average Bonchev–Trinajstić information content (AvgIpc) is 2.40. The van der Waals surface area contributed by atoms with E-state index in [1.807, 2.05) is 7.05 Å². The van der Waals surface area contributed by atoms with Crippen LogP contribution in [0.4, 0.5) is 0 Å². The molecule has 5 unspecified atom stereocenters. The average molecular weight is 228 g/mol. The van der Waals surface area contributed by atoms with E-state index in [0.717, 1.165) is 18.8 Å². The number of rotatable bonds is 4. The Morgan fingerprint density at radius 3 is 2.62 bits per heavy atom. The van der Waals surface area contributed by atoms with E-state index in [1.165, 1.54) is 12.8 Å². The van der Waals surface area contributed by atoms with Crippen LogP contribution >= 0.6 is 0 Å². The highest BCUT2D eigenvalue weighted by Crippen LogP contribution is 2.22. The summed E-state index contributed by atoms with van der Waals surface area (Å²) < 4.78 is 0. The molecule has 1 aliphatic carbocycles. The van der Waals surface area contributed by atoms with Crippen molar-refractivity contribution in [3.8, 4) is 0 Å². The molecule has 4 nitrogen and oxygen atoms in total. The molecule has 0 heterocycles. The first-order valence-corrected chi connectivity index (χ1v) is 6.49. The van der Waals surface area contributed by atoms with Gasteiger partial charge in [-0.3, -0.25) is 5.32 Å². The Labute approximate surface area is 99.5 Å². The van der Waals surface area contributed by atoms with Crippen LogP contribution in [-0.4, -0.2) is 31.3 Å². The second-order valence-electron chi connectivity index (χ2n) is 5.31. The molecule has 96 valence electrons. The molecule has 0 amide bonds. The highest BCUT2D eigenvalue weighted by atomic mass is 15.1. The van der Waals surface area contributed by atoms with Crippen LogP contribution in [0.1, 0.15) is 39.5 Å². The lowest BCUT2D eigenvalue weighted by atomic mass is 9.98. The van der Waals surface area contributed by atoms with Gasteiger partial charge in [-0.1, -0.05) is 19.8 Å². The van der Waals surface area contributed by atoms with Gasteiger partial charge in [-0.05, 0) is 32.7 Å². The predicted molar refractivity (Wildman–Crippen MR) is 69.0 cm³/mol. The van der Waals surface area contributed by atoms with Crippen molar-refractivity contribution in [3.63, 3.8) is 0 Å². The summed E-state index contributed by atoms with van der Waals surface area (Å²) in [6.45, 7) is 4.39. The molecule has 16 heavy (non-hydrogen) atoms. The van der Waals surface area contributed by atoms with Gasteiger partial charge in [0.2, 0.25) is 0 Å². The van der Waals surface area contributed by atoms with Crippen molar-refractivity contribution in [3.05, 3.63) is 0 Å². The fourth-order valence-electron chi connectivity index (χ4n) is 2.39. The minimum absolute atomic E-state index is 0.0219. The highest BCUT2D eigenvalue weighted by Gasteiger charge is 2.26. The molecule has 1 aliphatic rings.